The van der Waals surface area contributed by atoms with E-state index in [0.29, 0.717) is 17.5 Å². The Bertz CT molecular complexity index is 2960. The third kappa shape index (κ3) is 5.13. The molecule has 56 heavy (non-hydrogen) atoms. The molecule has 1 aliphatic heterocycles. The van der Waals surface area contributed by atoms with Gasteiger partial charge in [-0.15, -0.1) is 0 Å². The van der Waals surface area contributed by atoms with Crippen molar-refractivity contribution in [2.75, 3.05) is 0 Å². The van der Waals surface area contributed by atoms with Gasteiger partial charge in [0, 0.05) is 11.1 Å². The van der Waals surface area contributed by atoms with Crippen LogP contribution in [0.2, 0.25) is 0 Å². The normalized spacial score (nSPS) is 13.4. The summed E-state index contributed by atoms with van der Waals surface area (Å²) >= 11 is 1.90. The minimum atomic E-state index is -3.01. The molecule has 3 heterocycles. The number of nitrogens with zero attached hydrogens (tertiary/aromatic N) is 3. The molecule has 8 aromatic carbocycles. The van der Waals surface area contributed by atoms with Crippen LogP contribution in [0.1, 0.15) is 0 Å². The smallest absolute Gasteiger partial charge is 0.0615 e. The van der Waals surface area contributed by atoms with E-state index in [0.717, 1.165) is 16.7 Å². The van der Waals surface area contributed by atoms with Crippen LogP contribution in [-0.4, -0.2) is 23.0 Å². The number of thiophene rings is 1. The molecule has 0 saturated heterocycles. The van der Waals surface area contributed by atoms with E-state index in [2.05, 4.69) is 140 Å². The van der Waals surface area contributed by atoms with Gasteiger partial charge in [-0.1, -0.05) is 60.7 Å². The van der Waals surface area contributed by atoms with Gasteiger partial charge in [-0.2, -0.15) is 0 Å². The Hall–Kier alpha value is -6.79. The van der Waals surface area contributed by atoms with Crippen LogP contribution in [0.5, 0.6) is 0 Å². The fourth-order valence-corrected chi connectivity index (χ4v) is 16.4. The van der Waals surface area contributed by atoms with Gasteiger partial charge in [0.2, 0.25) is 0 Å². The summed E-state index contributed by atoms with van der Waals surface area (Å²) in [6.07, 6.45) is 0. The van der Waals surface area contributed by atoms with E-state index in [9.17, 15) is 0 Å². The summed E-state index contributed by atoms with van der Waals surface area (Å²) in [6.45, 7) is 0. The van der Waals surface area contributed by atoms with E-state index in [1.54, 1.807) is 0 Å². The van der Waals surface area contributed by atoms with Crippen molar-refractivity contribution >= 4 is 60.3 Å². The molecule has 0 unspecified atom stereocenters. The summed E-state index contributed by atoms with van der Waals surface area (Å²) in [4.78, 5) is 14.8. The quantitative estimate of drug-likeness (QED) is 0.159. The molecule has 0 N–H and O–H groups in total. The number of rotatable bonds is 6. The Morgan fingerprint density at radius 1 is 0.339 bits per heavy atom. The average Bonchev–Trinajstić information content (AvgIpc) is 3.80. The van der Waals surface area contributed by atoms with Gasteiger partial charge in [0.25, 0.3) is 0 Å². The predicted molar refractivity (Wildman–Crippen MR) is 238 cm³/mol. The summed E-state index contributed by atoms with van der Waals surface area (Å²) in [5.74, 6) is 1.98. The van der Waals surface area contributed by atoms with Crippen LogP contribution in [0.25, 0.3) is 76.6 Å². The number of benzene rings is 8. The average molecular weight is 749 g/mol. The van der Waals surface area contributed by atoms with Crippen molar-refractivity contribution in [3.05, 3.63) is 200 Å². The fraction of sp³-hybridized carbons (Fsp3) is 0. The van der Waals surface area contributed by atoms with Crippen molar-refractivity contribution in [1.82, 2.24) is 15.0 Å². The van der Waals surface area contributed by atoms with Gasteiger partial charge in [0.1, 0.15) is 0 Å². The molecule has 0 spiro atoms. The van der Waals surface area contributed by atoms with Crippen molar-refractivity contribution in [2.24, 2.45) is 0 Å². The minimum absolute atomic E-state index is 0.657. The first-order valence-electron chi connectivity index (χ1n) is 19.1. The van der Waals surface area contributed by atoms with Crippen LogP contribution in [0, 0.1) is 0 Å². The predicted octanol–water partition coefficient (Wildman–Crippen LogP) is 10.00. The van der Waals surface area contributed by atoms with Crippen LogP contribution in [0.15, 0.2) is 200 Å². The van der Waals surface area contributed by atoms with Crippen molar-refractivity contribution in [1.29, 1.82) is 0 Å². The molecule has 0 aliphatic carbocycles. The zero-order valence-corrected chi connectivity index (χ0v) is 32.4. The van der Waals surface area contributed by atoms with E-state index in [-0.39, 0.29) is 0 Å². The Morgan fingerprint density at radius 2 is 0.821 bits per heavy atom. The summed E-state index contributed by atoms with van der Waals surface area (Å²) in [7, 11) is -3.01. The second-order valence-corrected chi connectivity index (χ2v) is 20.0. The van der Waals surface area contributed by atoms with E-state index >= 15 is 0 Å². The first-order valence-corrected chi connectivity index (χ1v) is 22.2. The molecular formula is C51H34N3SSi-. The third-order valence-electron chi connectivity index (χ3n) is 11.6. The van der Waals surface area contributed by atoms with Crippen LogP contribution in [0.4, 0.5) is 0 Å². The molecule has 0 atom stereocenters. The molecule has 264 valence electrons. The Morgan fingerprint density at radius 3 is 1.41 bits per heavy atom. The minimum Gasteiger partial charge on any atom is -0.0615 e. The molecule has 0 saturated carbocycles. The Balaban J connectivity index is 1.05. The van der Waals surface area contributed by atoms with Crippen LogP contribution in [-0.2, 0) is 0 Å². The SMILES string of the molecule is c1ccc(-c2nc(-c3ccccc3)nc(-c3ccc(-c4cccc5c4sc4cc6c(cc45)[SiH-](c4ccccc4)(c4ccccc4)c4ccccc4-6)cc3)n2)cc1. The number of fused-ring (bicyclic) bond motifs is 6. The molecule has 0 bridgehead atoms. The van der Waals surface area contributed by atoms with E-state index in [1.807, 2.05) is 72.0 Å². The molecule has 5 heteroatoms. The van der Waals surface area contributed by atoms with Crippen LogP contribution >= 0.6 is 11.3 Å². The zero-order valence-electron chi connectivity index (χ0n) is 30.4. The van der Waals surface area contributed by atoms with E-state index in [1.165, 1.54) is 63.2 Å². The second-order valence-electron chi connectivity index (χ2n) is 14.6. The van der Waals surface area contributed by atoms with Crippen molar-refractivity contribution < 1.29 is 0 Å². The maximum atomic E-state index is 4.97. The third-order valence-corrected chi connectivity index (χ3v) is 18.4. The summed E-state index contributed by atoms with van der Waals surface area (Å²) in [5, 5.41) is 8.53. The van der Waals surface area contributed by atoms with Crippen molar-refractivity contribution in [3.8, 4) is 56.4 Å². The molecule has 10 aromatic rings. The van der Waals surface area contributed by atoms with Gasteiger partial charge >= 0.3 is 243 Å². The van der Waals surface area contributed by atoms with Gasteiger partial charge in [0.05, 0.1) is 0 Å². The topological polar surface area (TPSA) is 38.7 Å². The monoisotopic (exact) mass is 748 g/mol. The van der Waals surface area contributed by atoms with Gasteiger partial charge in [0.15, 0.2) is 11.6 Å². The first kappa shape index (κ1) is 32.6. The zero-order chi connectivity index (χ0) is 37.1. The molecule has 2 aromatic heterocycles. The van der Waals surface area contributed by atoms with Gasteiger partial charge in [-0.25, -0.2) is 4.98 Å². The van der Waals surface area contributed by atoms with Gasteiger partial charge in [-0.05, 0) is 0 Å². The Labute approximate surface area is 330 Å². The molecule has 0 radical (unpaired) electrons. The summed E-state index contributed by atoms with van der Waals surface area (Å²) in [6, 6.07) is 72.5. The fourth-order valence-electron chi connectivity index (χ4n) is 9.10. The molecule has 0 amide bonds. The molecule has 1 aliphatic rings. The first-order chi connectivity index (χ1) is 27.8. The van der Waals surface area contributed by atoms with Gasteiger partial charge in [-0.3, -0.25) is 0 Å². The number of hydrogen-bond donors (Lipinski definition) is 0. The van der Waals surface area contributed by atoms with E-state index < -0.39 is 8.07 Å². The molecule has 0 fully saturated rings. The number of aromatic nitrogens is 3. The number of hydrogen-bond acceptors (Lipinski definition) is 4. The van der Waals surface area contributed by atoms with Crippen molar-refractivity contribution in [2.45, 2.75) is 0 Å². The van der Waals surface area contributed by atoms with Gasteiger partial charge < -0.3 is 0 Å². The molecule has 11 rings (SSSR count). The second kappa shape index (κ2) is 13.2. The van der Waals surface area contributed by atoms with Crippen molar-refractivity contribution in [3.63, 3.8) is 0 Å². The summed E-state index contributed by atoms with van der Waals surface area (Å²) < 4.78 is 2.63. The Kier molecular flexibility index (Phi) is 7.69. The summed E-state index contributed by atoms with van der Waals surface area (Å²) in [5.41, 5.74) is 8.04. The van der Waals surface area contributed by atoms with Crippen LogP contribution in [0.3, 0.4) is 0 Å². The standard InChI is InChI=1S/C51H34N3SSi/c1-5-16-35(17-6-1)49-52-50(36-18-7-2-8-19-36)54-51(53-49)37-30-28-34(29-31-37)40-25-15-26-42-43-33-47-44(32-45(43)55-48(40)42)41-24-13-14-27-46(41)56(47,38-20-9-3-10-21-38)39-22-11-4-12-23-39/h1-33,56H/q-1. The van der Waals surface area contributed by atoms with E-state index in [4.69, 9.17) is 15.0 Å². The van der Waals surface area contributed by atoms with Crippen LogP contribution < -0.4 is 20.7 Å². The maximum absolute atomic E-state index is 4.97. The molecular weight excluding hydrogens is 715 g/mol. The molecule has 3 nitrogen and oxygen atoms in total.